The predicted octanol–water partition coefficient (Wildman–Crippen LogP) is 1.62. The fourth-order valence-corrected chi connectivity index (χ4v) is 1.85. The maximum atomic E-state index is 10.8. The topological polar surface area (TPSA) is 71.5 Å². The molecule has 2 N–H and O–H groups in total. The highest BCUT2D eigenvalue weighted by Gasteiger charge is 2.13. The largest absolute Gasteiger partial charge is 0.477 e. The smallest absolute Gasteiger partial charge is 0.354 e. The van der Waals surface area contributed by atoms with Crippen LogP contribution >= 0.6 is 0 Å². The van der Waals surface area contributed by atoms with E-state index < -0.39 is 5.97 Å². The number of anilines is 1. The predicted molar refractivity (Wildman–Crippen MR) is 63.2 cm³/mol. The Balaban J connectivity index is 1.89. The van der Waals surface area contributed by atoms with Crippen LogP contribution in [0, 0.1) is 5.92 Å². The van der Waals surface area contributed by atoms with Crippen LogP contribution in [0.2, 0.25) is 0 Å². The Morgan fingerprint density at radius 1 is 1.47 bits per heavy atom. The van der Waals surface area contributed by atoms with Crippen molar-refractivity contribution in [3.8, 4) is 0 Å². The Morgan fingerprint density at radius 3 is 2.94 bits per heavy atom. The van der Waals surface area contributed by atoms with Crippen LogP contribution in [0.5, 0.6) is 0 Å². The van der Waals surface area contributed by atoms with E-state index >= 15 is 0 Å². The molecule has 0 bridgehead atoms. The van der Waals surface area contributed by atoms with Crippen LogP contribution in [0.15, 0.2) is 18.2 Å². The van der Waals surface area contributed by atoms with Crippen LogP contribution in [0.1, 0.15) is 23.3 Å². The Bertz CT molecular complexity index is 389. The molecule has 0 saturated carbocycles. The van der Waals surface area contributed by atoms with Gasteiger partial charge in [0.05, 0.1) is 0 Å². The molecule has 1 fully saturated rings. The molecular formula is C12H16N2O3. The SMILES string of the molecule is O=C(O)c1cccc(NCC2CCOCC2)n1. The van der Waals surface area contributed by atoms with Gasteiger partial charge in [-0.1, -0.05) is 6.07 Å². The first kappa shape index (κ1) is 11.9. The molecule has 1 saturated heterocycles. The molecule has 2 rings (SSSR count). The second-order valence-corrected chi connectivity index (χ2v) is 4.15. The summed E-state index contributed by atoms with van der Waals surface area (Å²) in [6.45, 7) is 2.45. The molecule has 5 nitrogen and oxygen atoms in total. The molecule has 1 aromatic rings. The lowest BCUT2D eigenvalue weighted by atomic mass is 10.0. The lowest BCUT2D eigenvalue weighted by molar-refractivity contribution is 0.0690. The zero-order chi connectivity index (χ0) is 12.1. The average Bonchev–Trinajstić information content (AvgIpc) is 2.38. The first-order chi connectivity index (χ1) is 8.25. The number of ether oxygens (including phenoxy) is 1. The summed E-state index contributed by atoms with van der Waals surface area (Å²) < 4.78 is 5.28. The molecule has 1 aliphatic rings. The fourth-order valence-electron chi connectivity index (χ4n) is 1.85. The van der Waals surface area contributed by atoms with Crippen LogP contribution in [0.3, 0.4) is 0 Å². The molecule has 0 aliphatic carbocycles. The number of aromatic nitrogens is 1. The highest BCUT2D eigenvalue weighted by molar-refractivity contribution is 5.85. The van der Waals surface area contributed by atoms with E-state index in [4.69, 9.17) is 9.84 Å². The molecule has 92 valence electrons. The molecule has 0 spiro atoms. The third-order valence-corrected chi connectivity index (χ3v) is 2.88. The maximum absolute atomic E-state index is 10.8. The zero-order valence-corrected chi connectivity index (χ0v) is 9.56. The van der Waals surface area contributed by atoms with Gasteiger partial charge in [0.1, 0.15) is 5.82 Å². The Kier molecular flexibility index (Phi) is 3.93. The summed E-state index contributed by atoms with van der Waals surface area (Å²) in [5.41, 5.74) is 0.0713. The highest BCUT2D eigenvalue weighted by atomic mass is 16.5. The fraction of sp³-hybridized carbons (Fsp3) is 0.500. The number of aromatic carboxylic acids is 1. The first-order valence-corrected chi connectivity index (χ1v) is 5.77. The number of rotatable bonds is 4. The summed E-state index contributed by atoms with van der Waals surface area (Å²) in [4.78, 5) is 14.8. The quantitative estimate of drug-likeness (QED) is 0.831. The molecule has 0 atom stereocenters. The van der Waals surface area contributed by atoms with Crippen molar-refractivity contribution >= 4 is 11.8 Å². The minimum atomic E-state index is -1.00. The average molecular weight is 236 g/mol. The van der Waals surface area contributed by atoms with Crippen molar-refractivity contribution in [1.82, 2.24) is 4.98 Å². The van der Waals surface area contributed by atoms with E-state index in [1.165, 1.54) is 6.07 Å². The molecule has 0 radical (unpaired) electrons. The van der Waals surface area contributed by atoms with E-state index in [9.17, 15) is 4.79 Å². The second kappa shape index (κ2) is 5.63. The molecule has 0 aromatic carbocycles. The number of hydrogen-bond acceptors (Lipinski definition) is 4. The Hall–Kier alpha value is -1.62. The monoisotopic (exact) mass is 236 g/mol. The lowest BCUT2D eigenvalue weighted by Crippen LogP contribution is -2.23. The van der Waals surface area contributed by atoms with E-state index in [0.29, 0.717) is 11.7 Å². The van der Waals surface area contributed by atoms with Crippen molar-refractivity contribution in [2.45, 2.75) is 12.8 Å². The van der Waals surface area contributed by atoms with Crippen molar-refractivity contribution in [1.29, 1.82) is 0 Å². The van der Waals surface area contributed by atoms with Gasteiger partial charge in [0.15, 0.2) is 5.69 Å². The first-order valence-electron chi connectivity index (χ1n) is 5.77. The van der Waals surface area contributed by atoms with Crippen LogP contribution in [0.25, 0.3) is 0 Å². The van der Waals surface area contributed by atoms with Crippen molar-refractivity contribution in [3.63, 3.8) is 0 Å². The molecule has 17 heavy (non-hydrogen) atoms. The Morgan fingerprint density at radius 2 is 2.24 bits per heavy atom. The minimum Gasteiger partial charge on any atom is -0.477 e. The maximum Gasteiger partial charge on any atom is 0.354 e. The van der Waals surface area contributed by atoms with Gasteiger partial charge in [-0.2, -0.15) is 0 Å². The summed E-state index contributed by atoms with van der Waals surface area (Å²) >= 11 is 0. The number of nitrogens with zero attached hydrogens (tertiary/aromatic N) is 1. The van der Waals surface area contributed by atoms with Gasteiger partial charge in [-0.15, -0.1) is 0 Å². The van der Waals surface area contributed by atoms with Crippen molar-refractivity contribution in [2.75, 3.05) is 25.1 Å². The van der Waals surface area contributed by atoms with Gasteiger partial charge in [0.25, 0.3) is 0 Å². The normalized spacial score (nSPS) is 16.7. The number of hydrogen-bond donors (Lipinski definition) is 2. The molecule has 0 unspecified atom stereocenters. The molecule has 1 aliphatic heterocycles. The minimum absolute atomic E-state index is 0.0713. The third-order valence-electron chi connectivity index (χ3n) is 2.88. The number of carbonyl (C=O) groups is 1. The molecule has 1 aromatic heterocycles. The molecule has 2 heterocycles. The number of carboxylic acids is 1. The van der Waals surface area contributed by atoms with Crippen molar-refractivity contribution in [2.24, 2.45) is 5.92 Å². The molecular weight excluding hydrogens is 220 g/mol. The second-order valence-electron chi connectivity index (χ2n) is 4.15. The van der Waals surface area contributed by atoms with E-state index in [1.807, 2.05) is 0 Å². The van der Waals surface area contributed by atoms with Gasteiger partial charge in [-0.05, 0) is 30.9 Å². The van der Waals surface area contributed by atoms with Gasteiger partial charge in [-0.25, -0.2) is 9.78 Å². The van der Waals surface area contributed by atoms with E-state index in [0.717, 1.165) is 32.6 Å². The number of carboxylic acid groups (broad SMARTS) is 1. The third kappa shape index (κ3) is 3.42. The van der Waals surface area contributed by atoms with Crippen LogP contribution in [-0.4, -0.2) is 35.8 Å². The lowest BCUT2D eigenvalue weighted by Gasteiger charge is -2.22. The van der Waals surface area contributed by atoms with Gasteiger partial charge in [0.2, 0.25) is 0 Å². The summed E-state index contributed by atoms with van der Waals surface area (Å²) in [5.74, 6) is 0.204. The number of nitrogens with one attached hydrogen (secondary N) is 1. The summed E-state index contributed by atoms with van der Waals surface area (Å²) in [6, 6.07) is 4.97. The highest BCUT2D eigenvalue weighted by Crippen LogP contribution is 2.15. The van der Waals surface area contributed by atoms with Gasteiger partial charge in [-0.3, -0.25) is 0 Å². The number of pyridine rings is 1. The molecule has 0 amide bonds. The van der Waals surface area contributed by atoms with Gasteiger partial charge < -0.3 is 15.2 Å². The van der Waals surface area contributed by atoms with Crippen LogP contribution in [0.4, 0.5) is 5.82 Å². The van der Waals surface area contributed by atoms with E-state index in [2.05, 4.69) is 10.3 Å². The standard InChI is InChI=1S/C12H16N2O3/c15-12(16)10-2-1-3-11(14-10)13-8-9-4-6-17-7-5-9/h1-3,9H,4-8H2,(H,13,14)(H,15,16). The van der Waals surface area contributed by atoms with Crippen LogP contribution < -0.4 is 5.32 Å². The summed E-state index contributed by atoms with van der Waals surface area (Å²) in [7, 11) is 0. The summed E-state index contributed by atoms with van der Waals surface area (Å²) in [6.07, 6.45) is 2.09. The molecule has 5 heteroatoms. The van der Waals surface area contributed by atoms with Crippen LogP contribution in [-0.2, 0) is 4.74 Å². The zero-order valence-electron chi connectivity index (χ0n) is 9.56. The van der Waals surface area contributed by atoms with Gasteiger partial charge >= 0.3 is 5.97 Å². The Labute approximate surface area is 99.8 Å². The van der Waals surface area contributed by atoms with Crippen molar-refractivity contribution in [3.05, 3.63) is 23.9 Å². The van der Waals surface area contributed by atoms with E-state index in [-0.39, 0.29) is 5.69 Å². The van der Waals surface area contributed by atoms with Gasteiger partial charge in [0, 0.05) is 19.8 Å². The van der Waals surface area contributed by atoms with Crippen molar-refractivity contribution < 1.29 is 14.6 Å². The van der Waals surface area contributed by atoms with E-state index in [1.54, 1.807) is 12.1 Å². The summed E-state index contributed by atoms with van der Waals surface area (Å²) in [5, 5.41) is 12.0.